The number of pyridine rings is 1. The number of benzene rings is 1. The Labute approximate surface area is 122 Å². The van der Waals surface area contributed by atoms with Gasteiger partial charge >= 0.3 is 0 Å². The summed E-state index contributed by atoms with van der Waals surface area (Å²) in [5, 5.41) is 2.72. The molecule has 1 aromatic carbocycles. The highest BCUT2D eigenvalue weighted by Crippen LogP contribution is 2.17. The summed E-state index contributed by atoms with van der Waals surface area (Å²) in [5.74, 6) is 1.13. The fraction of sp³-hybridized carbons (Fsp3) is 0.200. The first kappa shape index (κ1) is 14.6. The van der Waals surface area contributed by atoms with E-state index in [1.165, 1.54) is 0 Å². The van der Waals surface area contributed by atoms with Crippen molar-refractivity contribution in [1.29, 1.82) is 0 Å². The van der Waals surface area contributed by atoms with E-state index in [0.717, 1.165) is 5.75 Å². The van der Waals surface area contributed by atoms with Gasteiger partial charge < -0.3 is 20.5 Å². The van der Waals surface area contributed by atoms with Gasteiger partial charge in [-0.25, -0.2) is 4.98 Å². The predicted octanol–water partition coefficient (Wildman–Crippen LogP) is 2.08. The van der Waals surface area contributed by atoms with Crippen LogP contribution in [0.5, 0.6) is 11.5 Å². The van der Waals surface area contributed by atoms with Crippen LogP contribution in [0.25, 0.3) is 0 Å². The number of hydrogen-bond acceptors (Lipinski definition) is 5. The average molecular weight is 287 g/mol. The van der Waals surface area contributed by atoms with Crippen molar-refractivity contribution in [3.8, 4) is 11.5 Å². The summed E-state index contributed by atoms with van der Waals surface area (Å²) in [4.78, 5) is 15.7. The van der Waals surface area contributed by atoms with Gasteiger partial charge in [0.25, 0.3) is 5.91 Å². The van der Waals surface area contributed by atoms with Crippen LogP contribution in [-0.2, 0) is 4.79 Å². The van der Waals surface area contributed by atoms with Gasteiger partial charge in [-0.05, 0) is 43.3 Å². The Bertz CT molecular complexity index is 599. The predicted molar refractivity (Wildman–Crippen MR) is 80.4 cm³/mol. The van der Waals surface area contributed by atoms with E-state index in [1.54, 1.807) is 42.6 Å². The Morgan fingerprint density at radius 2 is 2.00 bits per heavy atom. The lowest BCUT2D eigenvalue weighted by Crippen LogP contribution is -2.20. The molecule has 0 fully saturated rings. The molecule has 2 rings (SSSR count). The van der Waals surface area contributed by atoms with Gasteiger partial charge in [0.1, 0.15) is 5.75 Å². The largest absolute Gasteiger partial charge is 0.494 e. The first-order valence-corrected chi connectivity index (χ1v) is 6.55. The highest BCUT2D eigenvalue weighted by atomic mass is 16.5. The summed E-state index contributed by atoms with van der Waals surface area (Å²) in [6.45, 7) is 2.38. The summed E-state index contributed by atoms with van der Waals surface area (Å²) in [7, 11) is 0. The zero-order chi connectivity index (χ0) is 15.1. The highest BCUT2D eigenvalue weighted by molar-refractivity contribution is 5.91. The SMILES string of the molecule is CCOc1ccc(NC(=O)COc2cccnc2N)cc1. The summed E-state index contributed by atoms with van der Waals surface area (Å²) < 4.78 is 10.6. The monoisotopic (exact) mass is 287 g/mol. The second kappa shape index (κ2) is 7.14. The number of anilines is 2. The molecule has 1 heterocycles. The molecule has 0 spiro atoms. The Balaban J connectivity index is 1.85. The van der Waals surface area contributed by atoms with Crippen molar-refractivity contribution in [2.45, 2.75) is 6.92 Å². The van der Waals surface area contributed by atoms with Crippen molar-refractivity contribution in [3.63, 3.8) is 0 Å². The van der Waals surface area contributed by atoms with E-state index in [-0.39, 0.29) is 18.3 Å². The van der Waals surface area contributed by atoms with Crippen LogP contribution in [0.2, 0.25) is 0 Å². The number of nitrogens with one attached hydrogen (secondary N) is 1. The summed E-state index contributed by atoms with van der Waals surface area (Å²) in [5.41, 5.74) is 6.30. The zero-order valence-electron chi connectivity index (χ0n) is 11.7. The number of rotatable bonds is 6. The van der Waals surface area contributed by atoms with Crippen molar-refractivity contribution >= 4 is 17.4 Å². The molecular formula is C15H17N3O3. The van der Waals surface area contributed by atoms with Crippen LogP contribution in [0.1, 0.15) is 6.92 Å². The third-order valence-corrected chi connectivity index (χ3v) is 2.61. The number of carbonyl (C=O) groups is 1. The Morgan fingerprint density at radius 1 is 1.24 bits per heavy atom. The maximum atomic E-state index is 11.8. The molecule has 0 aliphatic carbocycles. The summed E-state index contributed by atoms with van der Waals surface area (Å²) in [6, 6.07) is 10.5. The van der Waals surface area contributed by atoms with Crippen molar-refractivity contribution in [3.05, 3.63) is 42.6 Å². The van der Waals surface area contributed by atoms with Gasteiger partial charge in [0.2, 0.25) is 0 Å². The number of nitrogens with two attached hydrogens (primary N) is 1. The van der Waals surface area contributed by atoms with Gasteiger partial charge in [0.05, 0.1) is 6.61 Å². The van der Waals surface area contributed by atoms with Gasteiger partial charge in [0.15, 0.2) is 18.2 Å². The molecule has 6 heteroatoms. The molecule has 0 atom stereocenters. The fourth-order valence-electron chi connectivity index (χ4n) is 1.67. The molecule has 0 unspecified atom stereocenters. The lowest BCUT2D eigenvalue weighted by atomic mass is 10.3. The minimum absolute atomic E-state index is 0.136. The van der Waals surface area contributed by atoms with Crippen LogP contribution in [0.15, 0.2) is 42.6 Å². The maximum absolute atomic E-state index is 11.8. The number of amides is 1. The van der Waals surface area contributed by atoms with Gasteiger partial charge in [-0.1, -0.05) is 0 Å². The second-order valence-electron chi connectivity index (χ2n) is 4.18. The molecule has 0 aliphatic rings. The minimum atomic E-state index is -0.276. The molecule has 2 aromatic rings. The molecule has 1 aromatic heterocycles. The molecule has 1 amide bonds. The van der Waals surface area contributed by atoms with E-state index in [2.05, 4.69) is 10.3 Å². The maximum Gasteiger partial charge on any atom is 0.262 e. The molecule has 3 N–H and O–H groups in total. The molecule has 6 nitrogen and oxygen atoms in total. The van der Waals surface area contributed by atoms with Crippen molar-refractivity contribution < 1.29 is 14.3 Å². The molecule has 0 saturated heterocycles. The molecular weight excluding hydrogens is 270 g/mol. The lowest BCUT2D eigenvalue weighted by molar-refractivity contribution is -0.118. The highest BCUT2D eigenvalue weighted by Gasteiger charge is 2.06. The van der Waals surface area contributed by atoms with Crippen LogP contribution >= 0.6 is 0 Å². The average Bonchev–Trinajstić information content (AvgIpc) is 2.49. The van der Waals surface area contributed by atoms with E-state index in [4.69, 9.17) is 15.2 Å². The first-order chi connectivity index (χ1) is 10.2. The number of aromatic nitrogens is 1. The number of ether oxygens (including phenoxy) is 2. The standard InChI is InChI=1S/C15H17N3O3/c1-2-20-12-7-5-11(6-8-12)18-14(19)10-21-13-4-3-9-17-15(13)16/h3-9H,2,10H2,1H3,(H2,16,17)(H,18,19). The topological polar surface area (TPSA) is 86.5 Å². The number of nitrogens with zero attached hydrogens (tertiary/aromatic N) is 1. The van der Waals surface area contributed by atoms with Crippen molar-refractivity contribution in [2.75, 3.05) is 24.3 Å². The van der Waals surface area contributed by atoms with Crippen LogP contribution in [0, 0.1) is 0 Å². The molecule has 21 heavy (non-hydrogen) atoms. The van der Waals surface area contributed by atoms with Crippen LogP contribution in [0.4, 0.5) is 11.5 Å². The van der Waals surface area contributed by atoms with E-state index < -0.39 is 0 Å². The van der Waals surface area contributed by atoms with E-state index in [1.807, 2.05) is 6.92 Å². The third-order valence-electron chi connectivity index (χ3n) is 2.61. The zero-order valence-corrected chi connectivity index (χ0v) is 11.7. The van der Waals surface area contributed by atoms with Crippen LogP contribution < -0.4 is 20.5 Å². The summed E-state index contributed by atoms with van der Waals surface area (Å²) >= 11 is 0. The quantitative estimate of drug-likeness (QED) is 0.849. The summed E-state index contributed by atoms with van der Waals surface area (Å²) in [6.07, 6.45) is 1.56. The second-order valence-corrected chi connectivity index (χ2v) is 4.18. The number of nitrogen functional groups attached to an aromatic ring is 1. The fourth-order valence-corrected chi connectivity index (χ4v) is 1.67. The molecule has 0 bridgehead atoms. The van der Waals surface area contributed by atoms with Gasteiger partial charge in [-0.3, -0.25) is 4.79 Å². The lowest BCUT2D eigenvalue weighted by Gasteiger charge is -2.09. The Hall–Kier alpha value is -2.76. The van der Waals surface area contributed by atoms with Crippen molar-refractivity contribution in [1.82, 2.24) is 4.98 Å². The van der Waals surface area contributed by atoms with E-state index in [9.17, 15) is 4.79 Å². The van der Waals surface area contributed by atoms with Crippen molar-refractivity contribution in [2.24, 2.45) is 0 Å². The minimum Gasteiger partial charge on any atom is -0.494 e. The third kappa shape index (κ3) is 4.38. The molecule has 0 aliphatic heterocycles. The Kier molecular flexibility index (Phi) is 4.98. The van der Waals surface area contributed by atoms with Gasteiger partial charge in [0, 0.05) is 11.9 Å². The van der Waals surface area contributed by atoms with Crippen LogP contribution in [0.3, 0.4) is 0 Å². The normalized spacial score (nSPS) is 9.95. The smallest absolute Gasteiger partial charge is 0.262 e. The Morgan fingerprint density at radius 3 is 2.67 bits per heavy atom. The number of carbonyl (C=O) groups excluding carboxylic acids is 1. The van der Waals surface area contributed by atoms with Gasteiger partial charge in [-0.2, -0.15) is 0 Å². The van der Waals surface area contributed by atoms with Crippen LogP contribution in [-0.4, -0.2) is 24.1 Å². The van der Waals surface area contributed by atoms with E-state index in [0.29, 0.717) is 18.0 Å². The molecule has 0 radical (unpaired) electrons. The number of hydrogen-bond donors (Lipinski definition) is 2. The first-order valence-electron chi connectivity index (χ1n) is 6.55. The molecule has 0 saturated carbocycles. The van der Waals surface area contributed by atoms with E-state index >= 15 is 0 Å². The molecule has 110 valence electrons. The van der Waals surface area contributed by atoms with Gasteiger partial charge in [-0.15, -0.1) is 0 Å².